The Morgan fingerprint density at radius 2 is 2.05 bits per heavy atom. The zero-order valence-corrected chi connectivity index (χ0v) is 11.3. The first-order valence-electron chi connectivity index (χ1n) is 6.11. The predicted octanol–water partition coefficient (Wildman–Crippen LogP) is -0.557. The van der Waals surface area contributed by atoms with Crippen LogP contribution in [0.3, 0.4) is 0 Å². The van der Waals surface area contributed by atoms with Gasteiger partial charge in [-0.1, -0.05) is 0 Å². The van der Waals surface area contributed by atoms with Gasteiger partial charge in [-0.25, -0.2) is 8.42 Å². The van der Waals surface area contributed by atoms with E-state index in [-0.39, 0.29) is 24.6 Å². The first-order chi connectivity index (χ1) is 9.37. The fourth-order valence-corrected chi connectivity index (χ4v) is 3.66. The molecule has 8 heteroatoms. The minimum atomic E-state index is -3.54. The lowest BCUT2D eigenvalue weighted by molar-refractivity contribution is -0.124. The minimum absolute atomic E-state index is 0.114. The number of amides is 2. The van der Waals surface area contributed by atoms with E-state index in [9.17, 15) is 18.0 Å². The van der Waals surface area contributed by atoms with Crippen LogP contribution >= 0.6 is 0 Å². The summed E-state index contributed by atoms with van der Waals surface area (Å²) < 4.78 is 24.6. The van der Waals surface area contributed by atoms with Crippen LogP contribution in [0, 0.1) is 0 Å². The SMILES string of the molecule is Nc1ccc2c(c1)CN(C1CCS(=O)(=O)NC1=O)C2=O. The largest absolute Gasteiger partial charge is 0.399 e. The van der Waals surface area contributed by atoms with Gasteiger partial charge in [0.2, 0.25) is 10.0 Å². The molecule has 1 atom stereocenters. The molecule has 106 valence electrons. The molecular weight excluding hydrogens is 282 g/mol. The van der Waals surface area contributed by atoms with Gasteiger partial charge >= 0.3 is 0 Å². The van der Waals surface area contributed by atoms with E-state index in [2.05, 4.69) is 0 Å². The highest BCUT2D eigenvalue weighted by Gasteiger charge is 2.40. The van der Waals surface area contributed by atoms with Gasteiger partial charge in [0, 0.05) is 17.8 Å². The van der Waals surface area contributed by atoms with Crippen LogP contribution in [0.2, 0.25) is 0 Å². The summed E-state index contributed by atoms with van der Waals surface area (Å²) in [4.78, 5) is 25.5. The van der Waals surface area contributed by atoms with Crippen molar-refractivity contribution in [3.63, 3.8) is 0 Å². The number of nitrogens with one attached hydrogen (secondary N) is 1. The van der Waals surface area contributed by atoms with Crippen LogP contribution in [0.4, 0.5) is 5.69 Å². The van der Waals surface area contributed by atoms with Crippen molar-refractivity contribution in [2.45, 2.75) is 19.0 Å². The van der Waals surface area contributed by atoms with Crippen molar-refractivity contribution < 1.29 is 18.0 Å². The first kappa shape index (κ1) is 12.9. The van der Waals surface area contributed by atoms with Crippen molar-refractivity contribution >= 4 is 27.5 Å². The lowest BCUT2D eigenvalue weighted by Crippen LogP contribution is -2.53. The standard InChI is InChI=1S/C12H13N3O4S/c13-8-1-2-9-7(5-8)6-15(12(9)17)10-3-4-20(18,19)14-11(10)16/h1-2,5,10H,3-4,6,13H2,(H,14,16). The van der Waals surface area contributed by atoms with Crippen LogP contribution in [0.25, 0.3) is 0 Å². The van der Waals surface area contributed by atoms with E-state index in [0.29, 0.717) is 11.3 Å². The maximum Gasteiger partial charge on any atom is 0.256 e. The normalized spacial score (nSPS) is 24.4. The zero-order chi connectivity index (χ0) is 14.5. The third kappa shape index (κ3) is 2.01. The Bertz CT molecular complexity index is 713. The van der Waals surface area contributed by atoms with Gasteiger partial charge in [0.15, 0.2) is 0 Å². The lowest BCUT2D eigenvalue weighted by atomic mass is 10.1. The number of sulfonamides is 1. The molecule has 2 heterocycles. The molecule has 0 aromatic heterocycles. The van der Waals surface area contributed by atoms with Crippen LogP contribution in [0.15, 0.2) is 18.2 Å². The van der Waals surface area contributed by atoms with Crippen LogP contribution in [-0.2, 0) is 21.4 Å². The summed E-state index contributed by atoms with van der Waals surface area (Å²) in [6, 6.07) is 4.21. The second kappa shape index (κ2) is 4.20. The quantitative estimate of drug-likeness (QED) is 0.675. The Balaban J connectivity index is 1.88. The average molecular weight is 295 g/mol. The van der Waals surface area contributed by atoms with Crippen molar-refractivity contribution in [3.8, 4) is 0 Å². The smallest absolute Gasteiger partial charge is 0.256 e. The monoisotopic (exact) mass is 295 g/mol. The summed E-state index contributed by atoms with van der Waals surface area (Å²) in [5.41, 5.74) is 7.50. The van der Waals surface area contributed by atoms with Crippen LogP contribution in [0.5, 0.6) is 0 Å². The highest BCUT2D eigenvalue weighted by molar-refractivity contribution is 7.90. The molecule has 2 aliphatic heterocycles. The fraction of sp³-hybridized carbons (Fsp3) is 0.333. The zero-order valence-electron chi connectivity index (χ0n) is 10.5. The number of benzene rings is 1. The summed E-state index contributed by atoms with van der Waals surface area (Å²) in [6.45, 7) is 0.275. The van der Waals surface area contributed by atoms with Gasteiger partial charge in [-0.3, -0.25) is 14.3 Å². The molecule has 3 rings (SSSR count). The number of rotatable bonds is 1. The van der Waals surface area contributed by atoms with Gasteiger partial charge < -0.3 is 10.6 Å². The summed E-state index contributed by atoms with van der Waals surface area (Å²) in [5, 5.41) is 0. The van der Waals surface area contributed by atoms with Crippen LogP contribution in [0.1, 0.15) is 22.3 Å². The summed E-state index contributed by atoms with van der Waals surface area (Å²) in [5.74, 6) is -1.07. The van der Waals surface area contributed by atoms with E-state index in [1.165, 1.54) is 4.90 Å². The molecule has 20 heavy (non-hydrogen) atoms. The maximum atomic E-state index is 12.3. The molecule has 0 bridgehead atoms. The van der Waals surface area contributed by atoms with Gasteiger partial charge in [-0.2, -0.15) is 0 Å². The van der Waals surface area contributed by atoms with Gasteiger partial charge in [-0.05, 0) is 30.2 Å². The molecule has 1 aromatic rings. The van der Waals surface area contributed by atoms with E-state index in [0.717, 1.165) is 5.56 Å². The molecule has 2 aliphatic rings. The van der Waals surface area contributed by atoms with E-state index >= 15 is 0 Å². The van der Waals surface area contributed by atoms with Crippen molar-refractivity contribution in [1.29, 1.82) is 0 Å². The van der Waals surface area contributed by atoms with Crippen molar-refractivity contribution in [2.24, 2.45) is 0 Å². The average Bonchev–Trinajstić information content (AvgIpc) is 2.65. The summed E-state index contributed by atoms with van der Waals surface area (Å²) in [6.07, 6.45) is 0.114. The number of carbonyl (C=O) groups is 2. The summed E-state index contributed by atoms with van der Waals surface area (Å²) in [7, 11) is -3.54. The second-order valence-electron chi connectivity index (χ2n) is 4.94. The second-order valence-corrected chi connectivity index (χ2v) is 6.78. The predicted molar refractivity (Wildman–Crippen MR) is 71.1 cm³/mol. The van der Waals surface area contributed by atoms with E-state index in [1.807, 2.05) is 4.72 Å². The number of nitrogens with two attached hydrogens (primary N) is 1. The van der Waals surface area contributed by atoms with Gasteiger partial charge in [-0.15, -0.1) is 0 Å². The Morgan fingerprint density at radius 3 is 2.75 bits per heavy atom. The first-order valence-corrected chi connectivity index (χ1v) is 7.76. The van der Waals surface area contributed by atoms with Gasteiger partial charge in [0.25, 0.3) is 11.8 Å². The lowest BCUT2D eigenvalue weighted by Gasteiger charge is -2.29. The number of nitrogen functional groups attached to an aromatic ring is 1. The molecule has 2 amide bonds. The molecule has 1 fully saturated rings. The highest BCUT2D eigenvalue weighted by Crippen LogP contribution is 2.28. The van der Waals surface area contributed by atoms with Crippen LogP contribution in [-0.4, -0.2) is 36.9 Å². The number of hydrogen-bond donors (Lipinski definition) is 2. The molecule has 0 radical (unpaired) electrons. The molecule has 7 nitrogen and oxygen atoms in total. The molecular formula is C12H13N3O4S. The summed E-state index contributed by atoms with van der Waals surface area (Å²) >= 11 is 0. The number of nitrogens with zero attached hydrogens (tertiary/aromatic N) is 1. The highest BCUT2D eigenvalue weighted by atomic mass is 32.2. The molecule has 1 saturated heterocycles. The van der Waals surface area contributed by atoms with Crippen molar-refractivity contribution in [2.75, 3.05) is 11.5 Å². The number of hydrogen-bond acceptors (Lipinski definition) is 5. The fourth-order valence-electron chi connectivity index (χ4n) is 2.58. The Morgan fingerprint density at radius 1 is 1.30 bits per heavy atom. The Hall–Kier alpha value is -2.09. The Kier molecular flexibility index (Phi) is 2.72. The van der Waals surface area contributed by atoms with E-state index in [1.54, 1.807) is 18.2 Å². The third-order valence-electron chi connectivity index (χ3n) is 3.56. The Labute approximate surface area is 115 Å². The van der Waals surface area contributed by atoms with Crippen LogP contribution < -0.4 is 10.5 Å². The van der Waals surface area contributed by atoms with E-state index < -0.39 is 22.0 Å². The molecule has 1 aromatic carbocycles. The van der Waals surface area contributed by atoms with Crippen molar-refractivity contribution in [1.82, 2.24) is 9.62 Å². The minimum Gasteiger partial charge on any atom is -0.399 e. The van der Waals surface area contributed by atoms with Crippen molar-refractivity contribution in [3.05, 3.63) is 29.3 Å². The molecule has 0 aliphatic carbocycles. The molecule has 3 N–H and O–H groups in total. The molecule has 0 saturated carbocycles. The molecule has 0 spiro atoms. The maximum absolute atomic E-state index is 12.3. The number of fused-ring (bicyclic) bond motifs is 1. The topological polar surface area (TPSA) is 110 Å². The molecule has 1 unspecified atom stereocenters. The van der Waals surface area contributed by atoms with Gasteiger partial charge in [0.1, 0.15) is 6.04 Å². The number of anilines is 1. The third-order valence-corrected chi connectivity index (χ3v) is 4.84. The van der Waals surface area contributed by atoms with Gasteiger partial charge in [0.05, 0.1) is 5.75 Å². The van der Waals surface area contributed by atoms with E-state index in [4.69, 9.17) is 5.73 Å². The number of carbonyl (C=O) groups excluding carboxylic acids is 2.